The summed E-state index contributed by atoms with van der Waals surface area (Å²) in [5.74, 6) is 1.52. The summed E-state index contributed by atoms with van der Waals surface area (Å²) >= 11 is 6.03. The van der Waals surface area contributed by atoms with Gasteiger partial charge in [-0.2, -0.15) is 4.98 Å². The minimum atomic E-state index is -1.25. The molecule has 1 aromatic heterocycles. The Bertz CT molecular complexity index is 1120. The number of amides is 2. The Balaban J connectivity index is 1.77. The fraction of sp³-hybridized carbons (Fsp3) is 0.304. The summed E-state index contributed by atoms with van der Waals surface area (Å²) < 4.78 is 13.0. The van der Waals surface area contributed by atoms with Crippen LogP contribution in [0.15, 0.2) is 48.5 Å². The summed E-state index contributed by atoms with van der Waals surface area (Å²) in [6, 6.07) is 14.2. The summed E-state index contributed by atoms with van der Waals surface area (Å²) in [7, 11) is 3.18. The van der Waals surface area contributed by atoms with E-state index in [9.17, 15) is 15.0 Å². The van der Waals surface area contributed by atoms with E-state index in [1.54, 1.807) is 55.1 Å². The van der Waals surface area contributed by atoms with Gasteiger partial charge in [0, 0.05) is 25.2 Å². The number of nitrogens with zero attached hydrogens (tertiary/aromatic N) is 4. The number of imidazole rings is 1. The second kappa shape index (κ2) is 9.70. The lowest BCUT2D eigenvalue weighted by atomic mass is 10.2. The molecule has 0 saturated heterocycles. The summed E-state index contributed by atoms with van der Waals surface area (Å²) in [5.41, 5.74) is 1.33. The van der Waals surface area contributed by atoms with Crippen LogP contribution in [0, 0.1) is 0 Å². The van der Waals surface area contributed by atoms with Gasteiger partial charge in [-0.25, -0.2) is 4.79 Å². The molecule has 0 bridgehead atoms. The molecule has 0 saturated carbocycles. The van der Waals surface area contributed by atoms with Gasteiger partial charge in [-0.3, -0.25) is 14.4 Å². The smallest absolute Gasteiger partial charge is 0.327 e. The van der Waals surface area contributed by atoms with Crippen LogP contribution in [0.4, 0.5) is 10.6 Å². The van der Waals surface area contributed by atoms with Gasteiger partial charge in [-0.15, -0.1) is 0 Å². The molecule has 0 spiro atoms. The van der Waals surface area contributed by atoms with Crippen molar-refractivity contribution in [2.45, 2.75) is 19.2 Å². The first-order valence-corrected chi connectivity index (χ1v) is 10.8. The van der Waals surface area contributed by atoms with E-state index in [1.807, 2.05) is 12.1 Å². The highest BCUT2D eigenvalue weighted by Gasteiger charge is 2.40. The summed E-state index contributed by atoms with van der Waals surface area (Å²) in [4.78, 5) is 20.1. The molecule has 2 N–H and O–H groups in total. The monoisotopic (exact) mass is 472 g/mol. The molecule has 0 fully saturated rings. The van der Waals surface area contributed by atoms with E-state index in [0.717, 1.165) is 5.56 Å². The lowest BCUT2D eigenvalue weighted by Crippen LogP contribution is -2.49. The van der Waals surface area contributed by atoms with E-state index in [1.165, 1.54) is 9.80 Å². The van der Waals surface area contributed by atoms with Crippen LogP contribution in [0.25, 0.3) is 0 Å². The number of ether oxygens (including phenoxy) is 2. The highest BCUT2D eigenvalue weighted by Crippen LogP contribution is 2.39. The second-order valence-corrected chi connectivity index (χ2v) is 8.02. The Hall–Kier alpha value is -3.27. The third-order valence-electron chi connectivity index (χ3n) is 5.42. The second-order valence-electron chi connectivity index (χ2n) is 7.58. The average molecular weight is 473 g/mol. The number of anilines is 1. The Labute approximate surface area is 196 Å². The van der Waals surface area contributed by atoms with E-state index in [4.69, 9.17) is 21.1 Å². The molecule has 1 unspecified atom stereocenters. The van der Waals surface area contributed by atoms with Crippen LogP contribution in [0.3, 0.4) is 0 Å². The van der Waals surface area contributed by atoms with Gasteiger partial charge in [-0.1, -0.05) is 23.7 Å². The van der Waals surface area contributed by atoms with Crippen molar-refractivity contribution < 1.29 is 24.5 Å². The van der Waals surface area contributed by atoms with Crippen LogP contribution in [0.2, 0.25) is 5.02 Å². The predicted molar refractivity (Wildman–Crippen MR) is 123 cm³/mol. The number of hydrogen-bond donors (Lipinski definition) is 2. The van der Waals surface area contributed by atoms with Crippen LogP contribution in [0.5, 0.6) is 17.5 Å². The van der Waals surface area contributed by atoms with Crippen molar-refractivity contribution in [3.63, 3.8) is 0 Å². The first-order chi connectivity index (χ1) is 15.9. The molecule has 33 heavy (non-hydrogen) atoms. The van der Waals surface area contributed by atoms with Crippen molar-refractivity contribution in [3.05, 3.63) is 64.8 Å². The molecule has 1 aliphatic rings. The van der Waals surface area contributed by atoms with Gasteiger partial charge >= 0.3 is 12.0 Å². The number of benzene rings is 2. The molecule has 10 heteroatoms. The van der Waals surface area contributed by atoms with Gasteiger partial charge in [0.2, 0.25) is 0 Å². The highest BCUT2D eigenvalue weighted by molar-refractivity contribution is 6.30. The van der Waals surface area contributed by atoms with E-state index in [2.05, 4.69) is 4.98 Å². The first kappa shape index (κ1) is 22.9. The normalized spacial score (nSPS) is 15.5. The summed E-state index contributed by atoms with van der Waals surface area (Å²) in [5, 5.41) is 21.0. The van der Waals surface area contributed by atoms with Crippen LogP contribution in [-0.4, -0.2) is 58.0 Å². The van der Waals surface area contributed by atoms with Crippen molar-refractivity contribution in [1.29, 1.82) is 0 Å². The predicted octanol–water partition coefficient (Wildman–Crippen LogP) is 3.63. The molecule has 1 atom stereocenters. The van der Waals surface area contributed by atoms with Gasteiger partial charge in [0.25, 0.3) is 0 Å². The number of aromatic nitrogens is 2. The minimum Gasteiger partial charge on any atom is -0.497 e. The number of urea groups is 1. The summed E-state index contributed by atoms with van der Waals surface area (Å²) in [6.07, 6.45) is -0.907. The molecule has 2 aromatic carbocycles. The lowest BCUT2D eigenvalue weighted by Gasteiger charge is -2.36. The SMILES string of the molecule is COc1ccc(Oc2nc3c(n2Cc2ccc(Cl)cc2)C(O)N(CCCO)C(=O)N3C)cc1. The van der Waals surface area contributed by atoms with E-state index in [-0.39, 0.29) is 19.2 Å². The van der Waals surface area contributed by atoms with Crippen LogP contribution < -0.4 is 14.4 Å². The largest absolute Gasteiger partial charge is 0.497 e. The molecule has 2 heterocycles. The third-order valence-corrected chi connectivity index (χ3v) is 5.67. The van der Waals surface area contributed by atoms with Crippen LogP contribution >= 0.6 is 11.6 Å². The Kier molecular flexibility index (Phi) is 6.73. The Morgan fingerprint density at radius 3 is 2.39 bits per heavy atom. The van der Waals surface area contributed by atoms with E-state index < -0.39 is 12.3 Å². The maximum absolute atomic E-state index is 12.8. The van der Waals surface area contributed by atoms with Crippen molar-refractivity contribution in [2.24, 2.45) is 0 Å². The Morgan fingerprint density at radius 1 is 1.09 bits per heavy atom. The molecular formula is C23H25ClN4O5. The number of fused-ring (bicyclic) bond motifs is 1. The number of rotatable bonds is 8. The van der Waals surface area contributed by atoms with Crippen molar-refractivity contribution in [3.8, 4) is 17.5 Å². The number of aliphatic hydroxyl groups excluding tert-OH is 2. The van der Waals surface area contributed by atoms with Gasteiger partial charge in [-0.05, 0) is 48.4 Å². The van der Waals surface area contributed by atoms with Crippen LogP contribution in [0.1, 0.15) is 23.9 Å². The van der Waals surface area contributed by atoms with Crippen molar-refractivity contribution in [2.75, 3.05) is 32.2 Å². The topological polar surface area (TPSA) is 100 Å². The zero-order valence-corrected chi connectivity index (χ0v) is 19.1. The molecule has 174 valence electrons. The van der Waals surface area contributed by atoms with Crippen LogP contribution in [-0.2, 0) is 6.54 Å². The van der Waals surface area contributed by atoms with Gasteiger partial charge in [0.1, 0.15) is 17.2 Å². The molecule has 2 amide bonds. The number of aliphatic hydroxyl groups is 2. The average Bonchev–Trinajstić information content (AvgIpc) is 3.17. The molecule has 0 aliphatic carbocycles. The number of methoxy groups -OCH3 is 1. The fourth-order valence-corrected chi connectivity index (χ4v) is 3.81. The molecule has 9 nitrogen and oxygen atoms in total. The number of carbonyl (C=O) groups is 1. The third kappa shape index (κ3) is 4.61. The summed E-state index contributed by atoms with van der Waals surface area (Å²) in [6.45, 7) is 0.432. The quantitative estimate of drug-likeness (QED) is 0.519. The Morgan fingerprint density at radius 2 is 1.76 bits per heavy atom. The highest BCUT2D eigenvalue weighted by atomic mass is 35.5. The van der Waals surface area contributed by atoms with E-state index >= 15 is 0 Å². The van der Waals surface area contributed by atoms with E-state index in [0.29, 0.717) is 41.0 Å². The molecule has 3 aromatic rings. The van der Waals surface area contributed by atoms with Gasteiger partial charge in [0.15, 0.2) is 12.0 Å². The lowest BCUT2D eigenvalue weighted by molar-refractivity contribution is 0.0189. The molecule has 1 aliphatic heterocycles. The van der Waals surface area contributed by atoms with Gasteiger partial charge < -0.3 is 19.7 Å². The molecule has 0 radical (unpaired) electrons. The fourth-order valence-electron chi connectivity index (χ4n) is 3.68. The standard InChI is InChI=1S/C23H25ClN4O5/c1-26-20-19(21(30)27(23(26)31)12-3-13-29)28(14-15-4-6-16(24)7-5-15)22(25-20)33-18-10-8-17(32-2)9-11-18/h4-11,21,29-30H,3,12-14H2,1-2H3. The molecular weight excluding hydrogens is 448 g/mol. The minimum absolute atomic E-state index is 0.0943. The van der Waals surface area contributed by atoms with Crippen molar-refractivity contribution in [1.82, 2.24) is 14.5 Å². The van der Waals surface area contributed by atoms with Crippen molar-refractivity contribution >= 4 is 23.4 Å². The van der Waals surface area contributed by atoms with Gasteiger partial charge in [0.05, 0.1) is 13.7 Å². The first-order valence-electron chi connectivity index (χ1n) is 10.4. The zero-order chi connectivity index (χ0) is 23.5. The zero-order valence-electron chi connectivity index (χ0n) is 18.3. The molecule has 4 rings (SSSR count). The number of halogens is 1. The number of carbonyl (C=O) groups excluding carboxylic acids is 1. The maximum atomic E-state index is 12.8. The number of hydrogen-bond acceptors (Lipinski definition) is 6. The maximum Gasteiger partial charge on any atom is 0.327 e.